The van der Waals surface area contributed by atoms with Crippen molar-refractivity contribution in [1.29, 1.82) is 0 Å². The van der Waals surface area contributed by atoms with Crippen molar-refractivity contribution >= 4 is 32.3 Å². The van der Waals surface area contributed by atoms with E-state index in [2.05, 4.69) is 58.0 Å². The van der Waals surface area contributed by atoms with Crippen molar-refractivity contribution in [1.82, 2.24) is 10.2 Å². The number of para-hydroxylation sites is 1. The molecule has 18 heavy (non-hydrogen) atoms. The predicted molar refractivity (Wildman–Crippen MR) is 76.9 cm³/mol. The topological polar surface area (TPSA) is 28.7 Å². The fraction of sp³-hybridized carbons (Fsp3) is 0. The second-order valence-electron chi connectivity index (χ2n) is 4.26. The Balaban J connectivity index is 2.08. The summed E-state index contributed by atoms with van der Waals surface area (Å²) in [4.78, 5) is 0. The quantitative estimate of drug-likeness (QED) is 0.531. The fourth-order valence-corrected chi connectivity index (χ4v) is 3.28. The number of nitrogens with one attached hydrogen (secondary N) is 1. The highest BCUT2D eigenvalue weighted by atomic mass is 32.1. The van der Waals surface area contributed by atoms with Crippen LogP contribution in [-0.2, 0) is 0 Å². The summed E-state index contributed by atoms with van der Waals surface area (Å²) in [5.41, 5.74) is 3.35. The van der Waals surface area contributed by atoms with Gasteiger partial charge in [-0.1, -0.05) is 36.4 Å². The van der Waals surface area contributed by atoms with E-state index < -0.39 is 0 Å². The maximum atomic E-state index is 4.47. The van der Waals surface area contributed by atoms with E-state index in [1.165, 1.54) is 21.0 Å². The molecule has 4 aromatic rings. The Bertz CT molecular complexity index is 770. The molecule has 2 heterocycles. The predicted octanol–water partition coefficient (Wildman–Crippen LogP) is 4.44. The number of thiophene rings is 1. The molecule has 0 aliphatic heterocycles. The standard InChI is InChI=1S/C15H10N2S/c1-3-7-13-11(6-1)15(17-16-13)12-9-18-14-8-4-2-5-10(12)14/h1-9H,(H,16,17). The molecule has 0 atom stereocenters. The van der Waals surface area contributed by atoms with Gasteiger partial charge in [-0.3, -0.25) is 5.10 Å². The molecular formula is C15H10N2S. The summed E-state index contributed by atoms with van der Waals surface area (Å²) >= 11 is 1.77. The Hall–Kier alpha value is -2.13. The van der Waals surface area contributed by atoms with Crippen molar-refractivity contribution in [3.8, 4) is 11.3 Å². The van der Waals surface area contributed by atoms with Crippen molar-refractivity contribution in [3.63, 3.8) is 0 Å². The highest BCUT2D eigenvalue weighted by molar-refractivity contribution is 7.17. The van der Waals surface area contributed by atoms with Crippen molar-refractivity contribution in [2.45, 2.75) is 0 Å². The first-order chi connectivity index (χ1) is 8.93. The average Bonchev–Trinajstić information content (AvgIpc) is 3.01. The lowest BCUT2D eigenvalue weighted by Crippen LogP contribution is -1.76. The summed E-state index contributed by atoms with van der Waals surface area (Å²) in [7, 11) is 0. The van der Waals surface area contributed by atoms with Crippen LogP contribution in [0.15, 0.2) is 53.9 Å². The van der Waals surface area contributed by atoms with Crippen LogP contribution in [0.3, 0.4) is 0 Å². The zero-order chi connectivity index (χ0) is 11.9. The number of rotatable bonds is 1. The van der Waals surface area contributed by atoms with Crippen molar-refractivity contribution in [2.75, 3.05) is 0 Å². The first kappa shape index (κ1) is 9.85. The minimum atomic E-state index is 1.04. The van der Waals surface area contributed by atoms with Crippen LogP contribution >= 0.6 is 11.3 Å². The smallest absolute Gasteiger partial charge is 0.101 e. The molecule has 4 rings (SSSR count). The van der Waals surface area contributed by atoms with E-state index in [1.807, 2.05) is 6.07 Å². The largest absolute Gasteiger partial charge is 0.277 e. The van der Waals surface area contributed by atoms with Gasteiger partial charge in [-0.2, -0.15) is 5.10 Å². The number of benzene rings is 2. The van der Waals surface area contributed by atoms with Crippen LogP contribution in [0.2, 0.25) is 0 Å². The highest BCUT2D eigenvalue weighted by Gasteiger charge is 2.11. The maximum absolute atomic E-state index is 4.47. The number of fused-ring (bicyclic) bond motifs is 2. The molecule has 0 aliphatic carbocycles. The van der Waals surface area contributed by atoms with Crippen LogP contribution in [0.4, 0.5) is 0 Å². The molecule has 0 saturated carbocycles. The van der Waals surface area contributed by atoms with E-state index in [4.69, 9.17) is 0 Å². The van der Waals surface area contributed by atoms with Crippen molar-refractivity contribution in [2.24, 2.45) is 0 Å². The summed E-state index contributed by atoms with van der Waals surface area (Å²) in [6, 6.07) is 16.7. The van der Waals surface area contributed by atoms with Gasteiger partial charge in [-0.15, -0.1) is 11.3 Å². The van der Waals surface area contributed by atoms with Gasteiger partial charge in [0, 0.05) is 26.4 Å². The van der Waals surface area contributed by atoms with Gasteiger partial charge in [0.1, 0.15) is 5.69 Å². The van der Waals surface area contributed by atoms with E-state index in [9.17, 15) is 0 Å². The van der Waals surface area contributed by atoms with Gasteiger partial charge < -0.3 is 0 Å². The molecule has 0 amide bonds. The Morgan fingerprint density at radius 3 is 2.61 bits per heavy atom. The summed E-state index contributed by atoms with van der Waals surface area (Å²) in [6.07, 6.45) is 0. The monoisotopic (exact) mass is 250 g/mol. The molecule has 3 heteroatoms. The minimum absolute atomic E-state index is 1.04. The second kappa shape index (κ2) is 3.68. The molecule has 2 nitrogen and oxygen atoms in total. The third kappa shape index (κ3) is 1.31. The van der Waals surface area contributed by atoms with Crippen molar-refractivity contribution in [3.05, 3.63) is 53.9 Å². The van der Waals surface area contributed by atoms with Crippen LogP contribution in [0.1, 0.15) is 0 Å². The second-order valence-corrected chi connectivity index (χ2v) is 5.17. The van der Waals surface area contributed by atoms with E-state index in [0.717, 1.165) is 11.2 Å². The van der Waals surface area contributed by atoms with Crippen LogP contribution in [0, 0.1) is 0 Å². The summed E-state index contributed by atoms with van der Waals surface area (Å²) in [5, 5.41) is 12.2. The SMILES string of the molecule is c1ccc2c(-c3csc4ccccc34)n[nH]c2c1. The number of hydrogen-bond acceptors (Lipinski definition) is 2. The van der Waals surface area contributed by atoms with Gasteiger partial charge in [0.05, 0.1) is 5.52 Å². The number of hydrogen-bond donors (Lipinski definition) is 1. The van der Waals surface area contributed by atoms with Gasteiger partial charge >= 0.3 is 0 Å². The summed E-state index contributed by atoms with van der Waals surface area (Å²) in [5.74, 6) is 0. The third-order valence-corrected chi connectivity index (χ3v) is 4.17. The van der Waals surface area contributed by atoms with Gasteiger partial charge in [0.25, 0.3) is 0 Å². The third-order valence-electron chi connectivity index (χ3n) is 3.21. The minimum Gasteiger partial charge on any atom is -0.277 e. The average molecular weight is 250 g/mol. The fourth-order valence-electron chi connectivity index (χ4n) is 2.33. The molecule has 1 N–H and O–H groups in total. The molecule has 86 valence electrons. The van der Waals surface area contributed by atoms with Crippen molar-refractivity contribution < 1.29 is 0 Å². The number of aromatic amines is 1. The van der Waals surface area contributed by atoms with Gasteiger partial charge in [-0.25, -0.2) is 0 Å². The maximum Gasteiger partial charge on any atom is 0.101 e. The molecule has 0 fully saturated rings. The highest BCUT2D eigenvalue weighted by Crippen LogP contribution is 2.35. The zero-order valence-corrected chi connectivity index (χ0v) is 10.4. The molecule has 0 bridgehead atoms. The van der Waals surface area contributed by atoms with E-state index in [-0.39, 0.29) is 0 Å². The van der Waals surface area contributed by atoms with Gasteiger partial charge in [-0.05, 0) is 12.1 Å². The first-order valence-electron chi connectivity index (χ1n) is 5.83. The molecule has 2 aromatic carbocycles. The Morgan fingerprint density at radius 1 is 0.889 bits per heavy atom. The van der Waals surface area contributed by atoms with Crippen LogP contribution in [0.5, 0.6) is 0 Å². The van der Waals surface area contributed by atoms with E-state index in [0.29, 0.717) is 0 Å². The molecule has 0 unspecified atom stereocenters. The summed E-state index contributed by atoms with van der Waals surface area (Å²) in [6.45, 7) is 0. The molecule has 0 saturated heterocycles. The Morgan fingerprint density at radius 2 is 1.67 bits per heavy atom. The molecule has 0 aliphatic rings. The molecular weight excluding hydrogens is 240 g/mol. The molecule has 2 aromatic heterocycles. The lowest BCUT2D eigenvalue weighted by atomic mass is 10.1. The van der Waals surface area contributed by atoms with E-state index in [1.54, 1.807) is 11.3 Å². The van der Waals surface area contributed by atoms with Crippen LogP contribution in [0.25, 0.3) is 32.2 Å². The number of nitrogens with zero attached hydrogens (tertiary/aromatic N) is 1. The Kier molecular flexibility index (Phi) is 2.02. The normalized spacial score (nSPS) is 11.3. The summed E-state index contributed by atoms with van der Waals surface area (Å²) < 4.78 is 1.31. The molecule has 0 radical (unpaired) electrons. The van der Waals surface area contributed by atoms with Gasteiger partial charge in [0.15, 0.2) is 0 Å². The van der Waals surface area contributed by atoms with Gasteiger partial charge in [0.2, 0.25) is 0 Å². The van der Waals surface area contributed by atoms with Crippen LogP contribution in [-0.4, -0.2) is 10.2 Å². The van der Waals surface area contributed by atoms with Crippen LogP contribution < -0.4 is 0 Å². The lowest BCUT2D eigenvalue weighted by Gasteiger charge is -1.95. The zero-order valence-electron chi connectivity index (χ0n) is 9.55. The first-order valence-corrected chi connectivity index (χ1v) is 6.71. The lowest BCUT2D eigenvalue weighted by molar-refractivity contribution is 1.13. The molecule has 0 spiro atoms. The number of aromatic nitrogens is 2. The van der Waals surface area contributed by atoms with E-state index >= 15 is 0 Å². The number of H-pyrrole nitrogens is 1. The Labute approximate surface area is 108 Å².